The van der Waals surface area contributed by atoms with Crippen LogP contribution in [0.2, 0.25) is 0 Å². The summed E-state index contributed by atoms with van der Waals surface area (Å²) in [5.41, 5.74) is 0. The van der Waals surface area contributed by atoms with E-state index in [2.05, 4.69) is 11.1 Å². The summed E-state index contributed by atoms with van der Waals surface area (Å²) >= 11 is 0. The van der Waals surface area contributed by atoms with Crippen molar-refractivity contribution in [1.29, 1.82) is 0 Å². The second-order valence-corrected chi connectivity index (χ2v) is 3.60. The zero-order valence-electron chi connectivity index (χ0n) is 8.50. The number of rotatable bonds is 1. The van der Waals surface area contributed by atoms with Crippen molar-refractivity contribution in [1.82, 2.24) is 9.55 Å². The van der Waals surface area contributed by atoms with E-state index in [9.17, 15) is 4.79 Å². The molecule has 1 aromatic heterocycles. The van der Waals surface area contributed by atoms with Gasteiger partial charge in [0, 0.05) is 12.4 Å². The molecule has 4 nitrogen and oxygen atoms in total. The monoisotopic (exact) mass is 206 g/mol. The normalized spacial score (nSPS) is 20.9. The summed E-state index contributed by atoms with van der Waals surface area (Å²) in [4.78, 5) is 15.4. The number of hydrogen-bond donors (Lipinski definition) is 0. The summed E-state index contributed by atoms with van der Waals surface area (Å²) in [6, 6.07) is 0. The van der Waals surface area contributed by atoms with Gasteiger partial charge in [-0.3, -0.25) is 0 Å². The van der Waals surface area contributed by atoms with Gasteiger partial charge in [-0.2, -0.15) is 0 Å². The highest BCUT2D eigenvalue weighted by molar-refractivity contribution is 5.70. The van der Waals surface area contributed by atoms with Gasteiger partial charge in [-0.05, 0) is 31.8 Å². The first-order valence-electron chi connectivity index (χ1n) is 5.22. The summed E-state index contributed by atoms with van der Waals surface area (Å²) < 4.78 is 6.66. The lowest BCUT2D eigenvalue weighted by molar-refractivity contribution is 0.116. The van der Waals surface area contributed by atoms with Crippen LogP contribution in [0.3, 0.4) is 0 Å². The molecule has 0 aliphatic heterocycles. The van der Waals surface area contributed by atoms with Crippen molar-refractivity contribution in [3.05, 3.63) is 30.9 Å². The number of hydrogen-bond acceptors (Lipinski definition) is 3. The number of nitrogens with zero attached hydrogens (tertiary/aromatic N) is 2. The molecule has 0 bridgehead atoms. The minimum absolute atomic E-state index is 0.0811. The third kappa shape index (κ3) is 2.68. The van der Waals surface area contributed by atoms with Crippen LogP contribution < -0.4 is 0 Å². The Kier molecular flexibility index (Phi) is 3.17. The Balaban J connectivity index is 1.93. The van der Waals surface area contributed by atoms with Crippen LogP contribution in [0, 0.1) is 0 Å². The van der Waals surface area contributed by atoms with E-state index in [4.69, 9.17) is 4.74 Å². The van der Waals surface area contributed by atoms with Gasteiger partial charge in [0.05, 0.1) is 0 Å². The second kappa shape index (κ2) is 4.77. The third-order valence-corrected chi connectivity index (χ3v) is 2.43. The van der Waals surface area contributed by atoms with Crippen LogP contribution in [0.4, 0.5) is 4.79 Å². The van der Waals surface area contributed by atoms with E-state index in [1.54, 1.807) is 12.4 Å². The largest absolute Gasteiger partial charge is 0.441 e. The SMILES string of the molecule is O=C(OC1C=CCCCC1)n1ccnc1. The fourth-order valence-electron chi connectivity index (χ4n) is 1.61. The van der Waals surface area contributed by atoms with Crippen LogP contribution in [-0.2, 0) is 4.74 Å². The maximum atomic E-state index is 11.6. The molecule has 0 radical (unpaired) electrons. The minimum Gasteiger partial charge on any atom is -0.441 e. The Labute approximate surface area is 88.6 Å². The first-order valence-corrected chi connectivity index (χ1v) is 5.22. The van der Waals surface area contributed by atoms with Gasteiger partial charge in [0.2, 0.25) is 0 Å². The molecule has 1 atom stereocenters. The van der Waals surface area contributed by atoms with E-state index in [1.165, 1.54) is 17.3 Å². The lowest BCUT2D eigenvalue weighted by Crippen LogP contribution is -2.19. The number of carbonyl (C=O) groups excluding carboxylic acids is 1. The van der Waals surface area contributed by atoms with Crippen LogP contribution >= 0.6 is 0 Å². The van der Waals surface area contributed by atoms with Gasteiger partial charge in [-0.15, -0.1) is 0 Å². The molecule has 4 heteroatoms. The first-order chi connectivity index (χ1) is 7.36. The van der Waals surface area contributed by atoms with Gasteiger partial charge < -0.3 is 4.74 Å². The van der Waals surface area contributed by atoms with E-state index >= 15 is 0 Å². The van der Waals surface area contributed by atoms with Crippen LogP contribution in [0.1, 0.15) is 25.7 Å². The second-order valence-electron chi connectivity index (χ2n) is 3.60. The Morgan fingerprint density at radius 3 is 3.20 bits per heavy atom. The molecule has 0 N–H and O–H groups in total. The minimum atomic E-state index is -0.357. The summed E-state index contributed by atoms with van der Waals surface area (Å²) in [5, 5.41) is 0. The van der Waals surface area contributed by atoms with E-state index < -0.39 is 0 Å². The van der Waals surface area contributed by atoms with Crippen molar-refractivity contribution >= 4 is 6.09 Å². The predicted molar refractivity (Wildman–Crippen MR) is 55.5 cm³/mol. The lowest BCUT2D eigenvalue weighted by atomic mass is 10.2. The lowest BCUT2D eigenvalue weighted by Gasteiger charge is -2.12. The number of imidazole rings is 1. The molecular weight excluding hydrogens is 192 g/mol. The van der Waals surface area contributed by atoms with Crippen LogP contribution in [0.15, 0.2) is 30.9 Å². The molecule has 15 heavy (non-hydrogen) atoms. The number of aromatic nitrogens is 2. The fraction of sp³-hybridized carbons (Fsp3) is 0.455. The molecular formula is C11H14N2O2. The zero-order valence-corrected chi connectivity index (χ0v) is 8.50. The number of ether oxygens (including phenoxy) is 1. The maximum Gasteiger partial charge on any atom is 0.419 e. The molecule has 1 heterocycles. The Morgan fingerprint density at radius 2 is 2.40 bits per heavy atom. The van der Waals surface area contributed by atoms with Gasteiger partial charge in [0.25, 0.3) is 0 Å². The summed E-state index contributed by atoms with van der Waals surface area (Å²) in [6.45, 7) is 0. The molecule has 0 saturated carbocycles. The number of allylic oxidation sites excluding steroid dienone is 1. The van der Waals surface area contributed by atoms with Crippen molar-refractivity contribution in [2.45, 2.75) is 31.8 Å². The molecule has 1 aliphatic carbocycles. The molecule has 0 amide bonds. The summed E-state index contributed by atoms with van der Waals surface area (Å²) in [5.74, 6) is 0. The fourth-order valence-corrected chi connectivity index (χ4v) is 1.61. The zero-order chi connectivity index (χ0) is 10.5. The average Bonchev–Trinajstić information content (AvgIpc) is 2.65. The van der Waals surface area contributed by atoms with Crippen molar-refractivity contribution in [2.75, 3.05) is 0 Å². The van der Waals surface area contributed by atoms with Crippen molar-refractivity contribution < 1.29 is 9.53 Å². The smallest absolute Gasteiger partial charge is 0.419 e. The molecule has 2 rings (SSSR count). The van der Waals surface area contributed by atoms with E-state index in [0.717, 1.165) is 19.3 Å². The standard InChI is InChI=1S/C11H14N2O2/c14-11(13-8-7-12-9-13)15-10-5-3-1-2-4-6-10/h3,5,7-10H,1-2,4,6H2. The Morgan fingerprint density at radius 1 is 1.47 bits per heavy atom. The van der Waals surface area contributed by atoms with Crippen LogP contribution in [-0.4, -0.2) is 21.7 Å². The van der Waals surface area contributed by atoms with E-state index in [-0.39, 0.29) is 12.2 Å². The Bertz CT molecular complexity index is 343. The van der Waals surface area contributed by atoms with Crippen molar-refractivity contribution in [3.8, 4) is 0 Å². The highest BCUT2D eigenvalue weighted by Gasteiger charge is 2.13. The molecule has 0 aromatic carbocycles. The van der Waals surface area contributed by atoms with Gasteiger partial charge in [0.15, 0.2) is 0 Å². The van der Waals surface area contributed by atoms with Gasteiger partial charge in [-0.25, -0.2) is 14.3 Å². The topological polar surface area (TPSA) is 44.1 Å². The third-order valence-electron chi connectivity index (χ3n) is 2.43. The highest BCUT2D eigenvalue weighted by Crippen LogP contribution is 2.14. The quantitative estimate of drug-likeness (QED) is 0.662. The summed E-state index contributed by atoms with van der Waals surface area (Å²) in [6.07, 6.45) is 12.5. The van der Waals surface area contributed by atoms with Gasteiger partial charge in [0.1, 0.15) is 12.4 Å². The van der Waals surface area contributed by atoms with E-state index in [0.29, 0.717) is 0 Å². The predicted octanol–water partition coefficient (Wildman–Crippen LogP) is 2.37. The molecule has 80 valence electrons. The van der Waals surface area contributed by atoms with Crippen molar-refractivity contribution in [3.63, 3.8) is 0 Å². The molecule has 1 unspecified atom stereocenters. The summed E-state index contributed by atoms with van der Waals surface area (Å²) in [7, 11) is 0. The molecule has 0 saturated heterocycles. The average molecular weight is 206 g/mol. The van der Waals surface area contributed by atoms with Gasteiger partial charge >= 0.3 is 6.09 Å². The van der Waals surface area contributed by atoms with E-state index in [1.807, 2.05) is 6.08 Å². The molecule has 0 fully saturated rings. The molecule has 1 aliphatic rings. The first kappa shape index (κ1) is 9.96. The Hall–Kier alpha value is -1.58. The highest BCUT2D eigenvalue weighted by atomic mass is 16.6. The maximum absolute atomic E-state index is 11.6. The molecule has 0 spiro atoms. The van der Waals surface area contributed by atoms with Gasteiger partial charge in [-0.1, -0.05) is 6.08 Å². The van der Waals surface area contributed by atoms with Crippen LogP contribution in [0.25, 0.3) is 0 Å². The number of carbonyl (C=O) groups is 1. The van der Waals surface area contributed by atoms with Crippen LogP contribution in [0.5, 0.6) is 0 Å². The molecule has 1 aromatic rings. The van der Waals surface area contributed by atoms with Crippen molar-refractivity contribution in [2.24, 2.45) is 0 Å².